The normalized spacial score (nSPS) is 16.7. The number of fused-ring (bicyclic) bond motifs is 2. The quantitative estimate of drug-likeness (QED) is 0.459. The van der Waals surface area contributed by atoms with Crippen molar-refractivity contribution in [1.82, 2.24) is 29.7 Å². The number of nitrogen functional groups attached to an aromatic ring is 1. The minimum atomic E-state index is 0.410. The summed E-state index contributed by atoms with van der Waals surface area (Å²) in [6.45, 7) is 2.78. The van der Waals surface area contributed by atoms with Crippen LogP contribution in [0.1, 0.15) is 30.0 Å². The van der Waals surface area contributed by atoms with Gasteiger partial charge in [-0.25, -0.2) is 9.50 Å². The average molecular weight is 424 g/mol. The van der Waals surface area contributed by atoms with Crippen molar-refractivity contribution in [3.05, 3.63) is 78.4 Å². The van der Waals surface area contributed by atoms with Crippen molar-refractivity contribution < 1.29 is 0 Å². The number of hydrogen-bond donors (Lipinski definition) is 2. The molecule has 6 rings (SSSR count). The third-order valence-electron chi connectivity index (χ3n) is 6.38. The van der Waals surface area contributed by atoms with Crippen LogP contribution in [-0.4, -0.2) is 37.5 Å². The molecule has 0 spiro atoms. The molecule has 7 heteroatoms. The maximum absolute atomic E-state index is 6.33. The van der Waals surface area contributed by atoms with Gasteiger partial charge in [0.05, 0.1) is 12.1 Å². The Bertz CT molecular complexity index is 1390. The number of nitrogens with one attached hydrogen (secondary N) is 1. The lowest BCUT2D eigenvalue weighted by Gasteiger charge is -2.22. The summed E-state index contributed by atoms with van der Waals surface area (Å²) in [6, 6.07) is 19.0. The highest BCUT2D eigenvalue weighted by Crippen LogP contribution is 2.35. The van der Waals surface area contributed by atoms with Gasteiger partial charge in [0.15, 0.2) is 5.82 Å². The maximum Gasteiger partial charge on any atom is 0.151 e. The van der Waals surface area contributed by atoms with Gasteiger partial charge in [-0.15, -0.1) is 0 Å². The van der Waals surface area contributed by atoms with Gasteiger partial charge in [-0.3, -0.25) is 4.68 Å². The van der Waals surface area contributed by atoms with E-state index in [9.17, 15) is 0 Å². The molecule has 0 aliphatic carbocycles. The second-order valence-corrected chi connectivity index (χ2v) is 8.52. The van der Waals surface area contributed by atoms with E-state index in [0.29, 0.717) is 11.7 Å². The Morgan fingerprint density at radius 1 is 1.09 bits per heavy atom. The summed E-state index contributed by atoms with van der Waals surface area (Å²) >= 11 is 0. The summed E-state index contributed by atoms with van der Waals surface area (Å²) in [5.74, 6) is 0.910. The largest absolute Gasteiger partial charge is 0.382 e. The van der Waals surface area contributed by atoms with Crippen molar-refractivity contribution in [2.75, 3.05) is 18.8 Å². The van der Waals surface area contributed by atoms with Gasteiger partial charge in [-0.2, -0.15) is 10.2 Å². The molecule has 5 aromatic rings. The zero-order valence-electron chi connectivity index (χ0n) is 17.8. The predicted octanol–water partition coefficient (Wildman–Crippen LogP) is 3.84. The van der Waals surface area contributed by atoms with Crippen molar-refractivity contribution in [3.63, 3.8) is 0 Å². The highest BCUT2D eigenvalue weighted by Gasteiger charge is 2.23. The molecule has 0 amide bonds. The molecular formula is C25H25N7. The Balaban J connectivity index is 1.43. The Morgan fingerprint density at radius 2 is 2.00 bits per heavy atom. The fraction of sp³-hybridized carbons (Fsp3) is 0.240. The highest BCUT2D eigenvalue weighted by atomic mass is 15.3. The minimum absolute atomic E-state index is 0.410. The fourth-order valence-corrected chi connectivity index (χ4v) is 4.79. The number of rotatable bonds is 4. The lowest BCUT2D eigenvalue weighted by atomic mass is 9.95. The molecule has 1 aliphatic rings. The summed E-state index contributed by atoms with van der Waals surface area (Å²) < 4.78 is 3.98. The van der Waals surface area contributed by atoms with Crippen LogP contribution in [0.5, 0.6) is 0 Å². The SMILES string of the molecule is Nc1ncnn2c([C@@H]3CCCNC3)cc(-c3ccc4cn(Cc5ccccc5)nc4c3)c12. The smallest absolute Gasteiger partial charge is 0.151 e. The standard InChI is InChI=1S/C25H25N7/c26-25-24-21(12-23(32(24)29-16-28-25)19-7-4-10-27-13-19)18-8-9-20-15-31(30-22(20)11-18)14-17-5-2-1-3-6-17/h1-3,5-6,8-9,11-12,15-16,19,27H,4,7,10,13-14H2,(H2,26,28,29)/t19-/m1/s1. The van der Waals surface area contributed by atoms with E-state index < -0.39 is 0 Å². The van der Waals surface area contributed by atoms with Crippen molar-refractivity contribution >= 4 is 22.2 Å². The summed E-state index contributed by atoms with van der Waals surface area (Å²) in [7, 11) is 0. The first-order chi connectivity index (χ1) is 15.8. The Kier molecular flexibility index (Phi) is 4.61. The maximum atomic E-state index is 6.33. The lowest BCUT2D eigenvalue weighted by Crippen LogP contribution is -2.29. The van der Waals surface area contributed by atoms with E-state index in [2.05, 4.69) is 70.1 Å². The van der Waals surface area contributed by atoms with Crippen molar-refractivity contribution in [3.8, 4) is 11.1 Å². The van der Waals surface area contributed by atoms with Crippen LogP contribution in [0.4, 0.5) is 5.82 Å². The van der Waals surface area contributed by atoms with Gasteiger partial charge in [0, 0.05) is 35.3 Å². The van der Waals surface area contributed by atoms with E-state index in [1.165, 1.54) is 17.7 Å². The Hall–Kier alpha value is -3.71. The molecule has 32 heavy (non-hydrogen) atoms. The van der Waals surface area contributed by atoms with Crippen LogP contribution in [0.15, 0.2) is 67.1 Å². The second kappa shape index (κ2) is 7.76. The predicted molar refractivity (Wildman–Crippen MR) is 127 cm³/mol. The molecule has 1 fully saturated rings. The van der Waals surface area contributed by atoms with E-state index in [0.717, 1.165) is 53.6 Å². The number of piperidine rings is 1. The first-order valence-corrected chi connectivity index (χ1v) is 11.1. The summed E-state index contributed by atoms with van der Waals surface area (Å²) in [5, 5.41) is 14.0. The number of nitrogens with zero attached hydrogens (tertiary/aromatic N) is 5. The summed E-state index contributed by atoms with van der Waals surface area (Å²) in [6.07, 6.45) is 5.95. The lowest BCUT2D eigenvalue weighted by molar-refractivity contribution is 0.449. The van der Waals surface area contributed by atoms with Gasteiger partial charge in [0.2, 0.25) is 0 Å². The van der Waals surface area contributed by atoms with Crippen molar-refractivity contribution in [2.45, 2.75) is 25.3 Å². The number of hydrogen-bond acceptors (Lipinski definition) is 5. The molecule has 160 valence electrons. The van der Waals surface area contributed by atoms with E-state index in [1.807, 2.05) is 15.3 Å². The molecule has 2 aromatic carbocycles. The van der Waals surface area contributed by atoms with Crippen LogP contribution in [-0.2, 0) is 6.54 Å². The van der Waals surface area contributed by atoms with Crippen molar-refractivity contribution in [2.24, 2.45) is 0 Å². The van der Waals surface area contributed by atoms with Crippen LogP contribution in [0.2, 0.25) is 0 Å². The molecule has 1 saturated heterocycles. The Morgan fingerprint density at radius 3 is 2.84 bits per heavy atom. The second-order valence-electron chi connectivity index (χ2n) is 8.52. The number of aromatic nitrogens is 5. The molecule has 0 bridgehead atoms. The molecular weight excluding hydrogens is 398 g/mol. The third kappa shape index (κ3) is 3.31. The first kappa shape index (κ1) is 19.0. The minimum Gasteiger partial charge on any atom is -0.382 e. The Labute approximate surface area is 185 Å². The van der Waals surface area contributed by atoms with Gasteiger partial charge >= 0.3 is 0 Å². The van der Waals surface area contributed by atoms with E-state index in [1.54, 1.807) is 6.33 Å². The van der Waals surface area contributed by atoms with Gasteiger partial charge in [0.1, 0.15) is 11.8 Å². The van der Waals surface area contributed by atoms with Crippen molar-refractivity contribution in [1.29, 1.82) is 0 Å². The summed E-state index contributed by atoms with van der Waals surface area (Å²) in [5.41, 5.74) is 12.7. The molecule has 0 unspecified atom stereocenters. The van der Waals surface area contributed by atoms with Crippen LogP contribution in [0.25, 0.3) is 27.5 Å². The van der Waals surface area contributed by atoms with E-state index in [4.69, 9.17) is 10.8 Å². The first-order valence-electron chi connectivity index (χ1n) is 11.1. The van der Waals surface area contributed by atoms with Crippen LogP contribution >= 0.6 is 0 Å². The topological polar surface area (TPSA) is 86.1 Å². The van der Waals surface area contributed by atoms with Crippen LogP contribution < -0.4 is 11.1 Å². The third-order valence-corrected chi connectivity index (χ3v) is 6.38. The monoisotopic (exact) mass is 423 g/mol. The van der Waals surface area contributed by atoms with Gasteiger partial charge in [-0.1, -0.05) is 42.5 Å². The van der Waals surface area contributed by atoms with Gasteiger partial charge < -0.3 is 11.1 Å². The summed E-state index contributed by atoms with van der Waals surface area (Å²) in [4.78, 5) is 4.28. The average Bonchev–Trinajstić information content (AvgIpc) is 3.41. The number of anilines is 1. The molecule has 3 aromatic heterocycles. The molecule has 1 atom stereocenters. The number of nitrogens with two attached hydrogens (primary N) is 1. The molecule has 0 saturated carbocycles. The van der Waals surface area contributed by atoms with E-state index in [-0.39, 0.29) is 0 Å². The molecule has 3 N–H and O–H groups in total. The zero-order valence-corrected chi connectivity index (χ0v) is 17.8. The zero-order chi connectivity index (χ0) is 21.5. The van der Waals surface area contributed by atoms with Crippen LogP contribution in [0, 0.1) is 0 Å². The molecule has 7 nitrogen and oxygen atoms in total. The number of benzene rings is 2. The highest BCUT2D eigenvalue weighted by molar-refractivity contribution is 5.92. The van der Waals surface area contributed by atoms with Gasteiger partial charge in [-0.05, 0) is 42.6 Å². The van der Waals surface area contributed by atoms with E-state index >= 15 is 0 Å². The van der Waals surface area contributed by atoms with Crippen LogP contribution in [0.3, 0.4) is 0 Å². The molecule has 4 heterocycles. The fourth-order valence-electron chi connectivity index (χ4n) is 4.79. The molecule has 0 radical (unpaired) electrons. The molecule has 1 aliphatic heterocycles. The van der Waals surface area contributed by atoms with Gasteiger partial charge in [0.25, 0.3) is 0 Å².